The van der Waals surface area contributed by atoms with Crippen molar-refractivity contribution in [1.82, 2.24) is 60.1 Å². The summed E-state index contributed by atoms with van der Waals surface area (Å²) in [5.74, 6) is 0.663. The van der Waals surface area contributed by atoms with Gasteiger partial charge in [-0.25, -0.2) is 18.7 Å². The zero-order chi connectivity index (χ0) is 40.8. The Hall–Kier alpha value is -6.06. The van der Waals surface area contributed by atoms with Crippen molar-refractivity contribution >= 4 is 43.9 Å². The van der Waals surface area contributed by atoms with Crippen molar-refractivity contribution in [3.05, 3.63) is 89.5 Å². The lowest BCUT2D eigenvalue weighted by Gasteiger charge is -2.30. The molecule has 0 radical (unpaired) electrons. The van der Waals surface area contributed by atoms with Crippen LogP contribution in [0.25, 0.3) is 66.4 Å². The molecule has 0 atom stereocenters. The van der Waals surface area contributed by atoms with E-state index in [2.05, 4.69) is 57.7 Å². The highest BCUT2D eigenvalue weighted by molar-refractivity contribution is 5.89. The van der Waals surface area contributed by atoms with Crippen LogP contribution in [0.2, 0.25) is 0 Å². The first-order valence-electron chi connectivity index (χ1n) is 20.2. The van der Waals surface area contributed by atoms with Crippen LogP contribution in [0.1, 0.15) is 61.4 Å². The molecule has 8 aromatic rings. The maximum atomic E-state index is 15.1. The van der Waals surface area contributed by atoms with Crippen molar-refractivity contribution in [2.45, 2.75) is 51.4 Å². The van der Waals surface area contributed by atoms with Crippen molar-refractivity contribution in [1.29, 1.82) is 0 Å². The Morgan fingerprint density at radius 2 is 1.19 bits per heavy atom. The van der Waals surface area contributed by atoms with Gasteiger partial charge in [0.2, 0.25) is 0 Å². The molecule has 0 saturated carbocycles. The van der Waals surface area contributed by atoms with E-state index >= 15 is 8.78 Å². The quantitative estimate of drug-likeness (QED) is 0.180. The van der Waals surface area contributed by atoms with Gasteiger partial charge in [-0.05, 0) is 113 Å². The molecule has 1 N–H and O–H groups in total. The molecule has 0 bridgehead atoms. The van der Waals surface area contributed by atoms with Crippen LogP contribution in [0.5, 0.6) is 5.75 Å². The SMILES string of the molecule is CCN1CCC(c2cc3c(F)cc(-c4cc(C)c5nn(C)cc5n4)cc3nn2)CC1.COc1cc(-c2cc(F)c3cc(C4CCNCC4)nnc3c2)nc2cn(C)nc12. The van der Waals surface area contributed by atoms with Gasteiger partial charge in [-0.3, -0.25) is 9.36 Å². The minimum atomic E-state index is -0.324. The zero-order valence-electron chi connectivity index (χ0n) is 33.9. The van der Waals surface area contributed by atoms with Crippen LogP contribution in [0, 0.1) is 18.6 Å². The van der Waals surface area contributed by atoms with Gasteiger partial charge in [0.05, 0.1) is 53.3 Å². The number of halogens is 2. The van der Waals surface area contributed by atoms with Gasteiger partial charge >= 0.3 is 0 Å². The van der Waals surface area contributed by atoms with Gasteiger partial charge in [-0.2, -0.15) is 30.6 Å². The third kappa shape index (κ3) is 7.67. The van der Waals surface area contributed by atoms with Crippen molar-refractivity contribution in [3.63, 3.8) is 0 Å². The van der Waals surface area contributed by atoms with Gasteiger partial charge in [0.15, 0.2) is 11.3 Å². The lowest BCUT2D eigenvalue weighted by molar-refractivity contribution is 0.220. The molecule has 6 aromatic heterocycles. The third-order valence-corrected chi connectivity index (χ3v) is 11.7. The average Bonchev–Trinajstić information content (AvgIpc) is 3.84. The monoisotopic (exact) mass is 796 g/mol. The van der Waals surface area contributed by atoms with Gasteiger partial charge in [0.1, 0.15) is 28.2 Å². The molecule has 0 amide bonds. The van der Waals surface area contributed by atoms with Crippen molar-refractivity contribution in [2.24, 2.45) is 14.1 Å². The highest BCUT2D eigenvalue weighted by Crippen LogP contribution is 2.34. The summed E-state index contributed by atoms with van der Waals surface area (Å²) in [7, 11) is 5.28. The van der Waals surface area contributed by atoms with E-state index in [1.807, 2.05) is 63.7 Å². The Balaban J connectivity index is 0.000000152. The molecule has 0 spiro atoms. The summed E-state index contributed by atoms with van der Waals surface area (Å²) in [6.45, 7) is 9.28. The van der Waals surface area contributed by atoms with E-state index in [0.29, 0.717) is 72.9 Å². The molecule has 302 valence electrons. The predicted molar refractivity (Wildman–Crippen MR) is 224 cm³/mol. The number of aromatic nitrogens is 10. The maximum Gasteiger partial charge on any atom is 0.153 e. The van der Waals surface area contributed by atoms with Crippen LogP contribution < -0.4 is 10.1 Å². The Morgan fingerprint density at radius 1 is 0.661 bits per heavy atom. The number of pyridine rings is 2. The topological polar surface area (TPSA) is 137 Å². The van der Waals surface area contributed by atoms with Gasteiger partial charge < -0.3 is 15.0 Å². The van der Waals surface area contributed by atoms with Crippen molar-refractivity contribution in [2.75, 3.05) is 39.8 Å². The molecule has 15 heteroatoms. The first-order chi connectivity index (χ1) is 28.6. The second kappa shape index (κ2) is 15.9. The number of piperidine rings is 2. The summed E-state index contributed by atoms with van der Waals surface area (Å²) in [5, 5.41) is 30.7. The van der Waals surface area contributed by atoms with Crippen LogP contribution >= 0.6 is 0 Å². The molecule has 0 unspecified atom stereocenters. The molecule has 13 nitrogen and oxygen atoms in total. The molecule has 2 fully saturated rings. The Bertz CT molecular complexity index is 2840. The number of aryl methyl sites for hydroxylation is 3. The number of ether oxygens (including phenoxy) is 1. The van der Waals surface area contributed by atoms with E-state index in [9.17, 15) is 0 Å². The second-order valence-electron chi connectivity index (χ2n) is 15.7. The summed E-state index contributed by atoms with van der Waals surface area (Å²) in [6, 6.07) is 14.2. The molecule has 2 aromatic carbocycles. The summed E-state index contributed by atoms with van der Waals surface area (Å²) < 4.78 is 39.0. The Labute approximate surface area is 339 Å². The lowest BCUT2D eigenvalue weighted by Crippen LogP contribution is -2.32. The second-order valence-corrected chi connectivity index (χ2v) is 15.7. The maximum absolute atomic E-state index is 15.1. The number of nitrogens with zero attached hydrogens (tertiary/aromatic N) is 11. The normalized spacial score (nSPS) is 15.6. The van der Waals surface area contributed by atoms with Gasteiger partial charge in [0, 0.05) is 53.9 Å². The number of likely N-dealkylation sites (tertiary alicyclic amines) is 1. The Kier molecular flexibility index (Phi) is 10.4. The number of benzene rings is 2. The summed E-state index contributed by atoms with van der Waals surface area (Å²) in [5.41, 5.74) is 9.52. The summed E-state index contributed by atoms with van der Waals surface area (Å²) >= 11 is 0. The highest BCUT2D eigenvalue weighted by atomic mass is 19.1. The Morgan fingerprint density at radius 3 is 1.75 bits per heavy atom. The fourth-order valence-corrected chi connectivity index (χ4v) is 8.41. The van der Waals surface area contributed by atoms with Crippen molar-refractivity contribution < 1.29 is 13.5 Å². The minimum absolute atomic E-state index is 0.282. The van der Waals surface area contributed by atoms with E-state index in [1.165, 1.54) is 6.07 Å². The molecule has 2 aliphatic rings. The minimum Gasteiger partial charge on any atom is -0.494 e. The van der Waals surface area contributed by atoms with Gasteiger partial charge in [-0.1, -0.05) is 6.92 Å². The molecule has 8 heterocycles. The fourth-order valence-electron chi connectivity index (χ4n) is 8.41. The molecule has 0 aliphatic carbocycles. The first kappa shape index (κ1) is 38.5. The zero-order valence-corrected chi connectivity index (χ0v) is 33.9. The molecule has 2 aliphatic heterocycles. The average molecular weight is 797 g/mol. The molecule has 10 rings (SSSR count). The summed E-state index contributed by atoms with van der Waals surface area (Å²) in [4.78, 5) is 11.7. The van der Waals surface area contributed by atoms with Crippen LogP contribution in [-0.2, 0) is 14.1 Å². The lowest BCUT2D eigenvalue weighted by atomic mass is 9.92. The summed E-state index contributed by atoms with van der Waals surface area (Å²) in [6.07, 6.45) is 7.76. The number of fused-ring (bicyclic) bond motifs is 4. The van der Waals surface area contributed by atoms with E-state index in [-0.39, 0.29) is 11.6 Å². The van der Waals surface area contributed by atoms with E-state index < -0.39 is 0 Å². The van der Waals surface area contributed by atoms with Gasteiger partial charge in [0.25, 0.3) is 0 Å². The number of rotatable bonds is 6. The number of nitrogens with one attached hydrogen (secondary N) is 1. The standard InChI is InChI=1S/C23H25FN6.C21H21FN6O/c1-4-30-7-5-15(6-8-30)20-12-17-18(24)10-16(11-21(17)27-26-20)19-9-14(2)23-22(25-19)13-29(3)28-23;1-28-11-19-21(27-28)20(29-2)10-16(24-19)13-7-15(22)14-9-17(25-26-18(14)8-13)12-3-5-23-6-4-12/h9-13,15H,4-8H2,1-3H3;7-12,23H,3-6H2,1-2H3. The highest BCUT2D eigenvalue weighted by Gasteiger charge is 2.23. The molecule has 2 saturated heterocycles. The molecular formula is C44H46F2N12O. The number of hydrogen-bond acceptors (Lipinski definition) is 11. The number of hydrogen-bond donors (Lipinski definition) is 1. The van der Waals surface area contributed by atoms with Crippen molar-refractivity contribution in [3.8, 4) is 28.3 Å². The van der Waals surface area contributed by atoms with Crippen LogP contribution in [0.3, 0.4) is 0 Å². The van der Waals surface area contributed by atoms with Gasteiger partial charge in [-0.15, -0.1) is 0 Å². The van der Waals surface area contributed by atoms with Crippen LogP contribution in [-0.4, -0.2) is 94.7 Å². The largest absolute Gasteiger partial charge is 0.494 e. The van der Waals surface area contributed by atoms with E-state index in [1.54, 1.807) is 28.6 Å². The third-order valence-electron chi connectivity index (χ3n) is 11.7. The first-order valence-corrected chi connectivity index (χ1v) is 20.2. The van der Waals surface area contributed by atoms with Crippen LogP contribution in [0.4, 0.5) is 8.78 Å². The fraction of sp³-hybridized carbons (Fsp3) is 0.364. The van der Waals surface area contributed by atoms with E-state index in [0.717, 1.165) is 86.4 Å². The molecular weight excluding hydrogens is 751 g/mol. The predicted octanol–water partition coefficient (Wildman–Crippen LogP) is 7.42. The van der Waals surface area contributed by atoms with Crippen LogP contribution in [0.15, 0.2) is 60.9 Å². The van der Waals surface area contributed by atoms with E-state index in [4.69, 9.17) is 4.74 Å². The smallest absolute Gasteiger partial charge is 0.153 e. The number of methoxy groups -OCH3 is 1. The molecule has 59 heavy (non-hydrogen) atoms.